The smallest absolute Gasteiger partial charge is 0.272 e. The number of hydrogen-bond acceptors (Lipinski definition) is 3. The number of nitrogens with one attached hydrogen (secondary N) is 1. The number of nitrogens with two attached hydrogens (primary N) is 1. The zero-order chi connectivity index (χ0) is 16.7. The second kappa shape index (κ2) is 7.18. The van der Waals surface area contributed by atoms with Gasteiger partial charge in [-0.25, -0.2) is 4.68 Å². The Bertz CT molecular complexity index is 782. The molecular weight excluding hydrogens is 336 g/mol. The van der Waals surface area contributed by atoms with E-state index in [4.69, 9.17) is 10.8 Å². The Morgan fingerprint density at radius 1 is 1.36 bits per heavy atom. The summed E-state index contributed by atoms with van der Waals surface area (Å²) in [5.74, 6) is 0.480. The third kappa shape index (κ3) is 3.31. The number of nitrogens with zero attached hydrogens (tertiary/aromatic N) is 2. The first-order chi connectivity index (χ1) is 11.7. The van der Waals surface area contributed by atoms with Gasteiger partial charge in [0.05, 0.1) is 5.69 Å². The van der Waals surface area contributed by atoms with Crippen molar-refractivity contribution in [2.75, 3.05) is 6.54 Å². The monoisotopic (exact) mass is 360 g/mol. The van der Waals surface area contributed by atoms with E-state index in [2.05, 4.69) is 24.4 Å². The van der Waals surface area contributed by atoms with Gasteiger partial charge in [0.25, 0.3) is 5.91 Å². The molecule has 2 aromatic rings. The van der Waals surface area contributed by atoms with Gasteiger partial charge in [0, 0.05) is 23.8 Å². The highest BCUT2D eigenvalue weighted by Gasteiger charge is 2.33. The molecule has 0 spiro atoms. The number of rotatable bonds is 5. The molecule has 25 heavy (non-hydrogen) atoms. The summed E-state index contributed by atoms with van der Waals surface area (Å²) in [7, 11) is 0. The summed E-state index contributed by atoms with van der Waals surface area (Å²) in [6.45, 7) is 2.58. The van der Waals surface area contributed by atoms with Crippen LogP contribution in [0, 0.1) is 12.8 Å². The number of para-hydroxylation sites is 1. The minimum Gasteiger partial charge on any atom is -0.346 e. The molecule has 1 fully saturated rings. The minimum atomic E-state index is -0.0668. The molecule has 2 aliphatic carbocycles. The topological polar surface area (TPSA) is 72.9 Å². The number of aryl methyl sites for hydroxylation is 1. The molecule has 0 saturated heterocycles. The first-order valence-electron chi connectivity index (χ1n) is 8.86. The number of halogens is 1. The predicted octanol–water partition coefficient (Wildman–Crippen LogP) is 2.56. The largest absolute Gasteiger partial charge is 0.346 e. The maximum atomic E-state index is 12.8. The Labute approximate surface area is 154 Å². The van der Waals surface area contributed by atoms with Gasteiger partial charge in [0.15, 0.2) is 5.69 Å². The van der Waals surface area contributed by atoms with E-state index in [1.54, 1.807) is 0 Å². The molecule has 134 valence electrons. The quantitative estimate of drug-likeness (QED) is 0.860. The summed E-state index contributed by atoms with van der Waals surface area (Å²) < 4.78 is 1.97. The highest BCUT2D eigenvalue weighted by Crippen LogP contribution is 2.33. The molecule has 5 nitrogen and oxygen atoms in total. The van der Waals surface area contributed by atoms with Crippen molar-refractivity contribution in [2.45, 2.75) is 45.1 Å². The lowest BCUT2D eigenvalue weighted by Gasteiger charge is -2.15. The van der Waals surface area contributed by atoms with Crippen LogP contribution in [0.5, 0.6) is 0 Å². The molecule has 0 radical (unpaired) electrons. The van der Waals surface area contributed by atoms with Gasteiger partial charge in [-0.3, -0.25) is 4.79 Å². The van der Waals surface area contributed by atoms with Crippen LogP contribution >= 0.6 is 12.4 Å². The predicted molar refractivity (Wildman–Crippen MR) is 101 cm³/mol. The van der Waals surface area contributed by atoms with Crippen LogP contribution in [0.15, 0.2) is 24.3 Å². The molecule has 1 atom stereocenters. The Morgan fingerprint density at radius 2 is 2.12 bits per heavy atom. The number of carbonyl (C=O) groups is 1. The normalized spacial score (nSPS) is 16.9. The van der Waals surface area contributed by atoms with Crippen LogP contribution in [0.1, 0.15) is 46.6 Å². The van der Waals surface area contributed by atoms with E-state index in [0.29, 0.717) is 18.2 Å². The molecule has 0 aliphatic heterocycles. The summed E-state index contributed by atoms with van der Waals surface area (Å²) in [6, 6.07) is 8.27. The van der Waals surface area contributed by atoms with Gasteiger partial charge >= 0.3 is 0 Å². The Morgan fingerprint density at radius 3 is 2.80 bits per heavy atom. The van der Waals surface area contributed by atoms with E-state index in [9.17, 15) is 4.79 Å². The maximum Gasteiger partial charge on any atom is 0.272 e. The highest BCUT2D eigenvalue weighted by atomic mass is 35.5. The first-order valence-corrected chi connectivity index (χ1v) is 8.86. The van der Waals surface area contributed by atoms with Crippen LogP contribution in [-0.4, -0.2) is 28.3 Å². The van der Waals surface area contributed by atoms with Crippen LogP contribution in [0.25, 0.3) is 5.69 Å². The molecule has 4 rings (SSSR count). The molecule has 6 heteroatoms. The van der Waals surface area contributed by atoms with E-state index in [-0.39, 0.29) is 24.4 Å². The van der Waals surface area contributed by atoms with Crippen molar-refractivity contribution >= 4 is 18.3 Å². The molecule has 3 N–H and O–H groups in total. The molecule has 1 aromatic heterocycles. The van der Waals surface area contributed by atoms with Crippen LogP contribution < -0.4 is 11.1 Å². The highest BCUT2D eigenvalue weighted by molar-refractivity contribution is 5.94. The number of aromatic nitrogens is 2. The van der Waals surface area contributed by atoms with Gasteiger partial charge < -0.3 is 11.1 Å². The van der Waals surface area contributed by atoms with Crippen LogP contribution in [0.2, 0.25) is 0 Å². The van der Waals surface area contributed by atoms with Gasteiger partial charge in [0.2, 0.25) is 0 Å². The standard InChI is InChI=1S/C19H24N4O.ClH/c1-12-5-2-3-7-16(12)23-17-8-4-6-14(17)18(22-23)19(24)21-15(11-20)13-9-10-13;/h2-3,5,7,13,15H,4,6,8-11,20H2,1H3,(H,21,24);1H. The Kier molecular flexibility index (Phi) is 5.16. The van der Waals surface area contributed by atoms with Gasteiger partial charge in [-0.15, -0.1) is 12.4 Å². The van der Waals surface area contributed by atoms with Crippen molar-refractivity contribution < 1.29 is 4.79 Å². The van der Waals surface area contributed by atoms with Gasteiger partial charge in [-0.1, -0.05) is 18.2 Å². The second-order valence-corrected chi connectivity index (χ2v) is 6.98. The molecule has 0 bridgehead atoms. The summed E-state index contributed by atoms with van der Waals surface area (Å²) in [5, 5.41) is 7.81. The van der Waals surface area contributed by atoms with Gasteiger partial charge in [0.1, 0.15) is 0 Å². The minimum absolute atomic E-state index is 0. The Balaban J connectivity index is 0.00000182. The van der Waals surface area contributed by atoms with Crippen molar-refractivity contribution in [1.29, 1.82) is 0 Å². The summed E-state index contributed by atoms with van der Waals surface area (Å²) in [4.78, 5) is 12.8. The zero-order valence-corrected chi connectivity index (χ0v) is 15.3. The van der Waals surface area contributed by atoms with Gasteiger partial charge in [-0.2, -0.15) is 5.10 Å². The van der Waals surface area contributed by atoms with Gasteiger partial charge in [-0.05, 0) is 56.6 Å². The number of fused-ring (bicyclic) bond motifs is 1. The van der Waals surface area contributed by atoms with Crippen LogP contribution in [0.3, 0.4) is 0 Å². The van der Waals surface area contributed by atoms with E-state index >= 15 is 0 Å². The molecule has 1 amide bonds. The zero-order valence-electron chi connectivity index (χ0n) is 14.5. The fraction of sp³-hybridized carbons (Fsp3) is 0.474. The summed E-state index contributed by atoms with van der Waals surface area (Å²) in [6.07, 6.45) is 5.33. The molecular formula is C19H25ClN4O. The SMILES string of the molecule is Cc1ccccc1-n1nc(C(=O)NC(CN)C2CC2)c2c1CCC2.Cl. The van der Waals surface area contributed by atoms with Crippen LogP contribution in [0.4, 0.5) is 0 Å². The molecule has 1 unspecified atom stereocenters. The van der Waals surface area contributed by atoms with E-state index < -0.39 is 0 Å². The van der Waals surface area contributed by atoms with E-state index in [1.165, 1.54) is 11.3 Å². The lowest BCUT2D eigenvalue weighted by atomic mass is 10.1. The average molecular weight is 361 g/mol. The van der Waals surface area contributed by atoms with Crippen molar-refractivity contribution in [3.8, 4) is 5.69 Å². The fourth-order valence-electron chi connectivity index (χ4n) is 3.72. The lowest BCUT2D eigenvalue weighted by Crippen LogP contribution is -2.42. The third-order valence-corrected chi connectivity index (χ3v) is 5.25. The number of amides is 1. The number of carbonyl (C=O) groups excluding carboxylic acids is 1. The van der Waals surface area contributed by atoms with E-state index in [1.807, 2.05) is 16.8 Å². The van der Waals surface area contributed by atoms with Crippen LogP contribution in [-0.2, 0) is 12.8 Å². The summed E-state index contributed by atoms with van der Waals surface area (Å²) >= 11 is 0. The molecule has 1 saturated carbocycles. The maximum absolute atomic E-state index is 12.8. The van der Waals surface area contributed by atoms with E-state index in [0.717, 1.165) is 43.4 Å². The fourth-order valence-corrected chi connectivity index (χ4v) is 3.72. The second-order valence-electron chi connectivity index (χ2n) is 6.98. The third-order valence-electron chi connectivity index (χ3n) is 5.25. The number of hydrogen-bond donors (Lipinski definition) is 2. The average Bonchev–Trinajstić information content (AvgIpc) is 3.20. The lowest BCUT2D eigenvalue weighted by molar-refractivity contribution is 0.0927. The summed E-state index contributed by atoms with van der Waals surface area (Å²) in [5.41, 5.74) is 10.9. The Hall–Kier alpha value is -1.85. The molecule has 2 aliphatic rings. The van der Waals surface area contributed by atoms with Crippen molar-refractivity contribution in [3.63, 3.8) is 0 Å². The van der Waals surface area contributed by atoms with Crippen molar-refractivity contribution in [2.24, 2.45) is 11.7 Å². The first kappa shape index (κ1) is 18.0. The van der Waals surface area contributed by atoms with Crippen molar-refractivity contribution in [3.05, 3.63) is 46.8 Å². The number of benzene rings is 1. The molecule has 1 heterocycles. The van der Waals surface area contributed by atoms with Crippen molar-refractivity contribution in [1.82, 2.24) is 15.1 Å². The molecule has 1 aromatic carbocycles.